The van der Waals surface area contributed by atoms with Crippen molar-refractivity contribution in [3.63, 3.8) is 0 Å². The molecule has 0 aromatic carbocycles. The Labute approximate surface area is 200 Å². The molecule has 180 valence electrons. The summed E-state index contributed by atoms with van der Waals surface area (Å²) >= 11 is 0. The first-order chi connectivity index (χ1) is 16.4. The molecule has 1 aliphatic heterocycles. The first-order valence-corrected chi connectivity index (χ1v) is 12.3. The van der Waals surface area contributed by atoms with Crippen LogP contribution in [0.1, 0.15) is 57.2 Å². The van der Waals surface area contributed by atoms with Gasteiger partial charge in [0.15, 0.2) is 5.82 Å². The Bertz CT molecular complexity index is 1220. The molecule has 0 bridgehead atoms. The number of unbranched alkanes of at least 4 members (excludes halogenated alkanes) is 2. The number of pyridine rings is 2. The van der Waals surface area contributed by atoms with Crippen LogP contribution < -0.4 is 15.1 Å². The minimum Gasteiger partial charge on any atom is -0.371 e. The van der Waals surface area contributed by atoms with E-state index < -0.39 is 5.82 Å². The molecule has 34 heavy (non-hydrogen) atoms. The van der Waals surface area contributed by atoms with E-state index in [1.54, 1.807) is 27.9 Å². The number of hydrogen-bond donors (Lipinski definition) is 1. The Balaban J connectivity index is 1.38. The fourth-order valence-electron chi connectivity index (χ4n) is 4.85. The molecule has 2 amide bonds. The summed E-state index contributed by atoms with van der Waals surface area (Å²) in [7, 11) is 0. The summed E-state index contributed by atoms with van der Waals surface area (Å²) in [5.74, 6) is 0.170. The third kappa shape index (κ3) is 4.45. The number of hydrogen-bond acceptors (Lipinski definition) is 4. The van der Waals surface area contributed by atoms with E-state index in [4.69, 9.17) is 0 Å². The molecule has 8 heteroatoms. The lowest BCUT2D eigenvalue weighted by molar-refractivity contribution is 0.257. The van der Waals surface area contributed by atoms with Gasteiger partial charge in [0.05, 0.1) is 11.4 Å². The van der Waals surface area contributed by atoms with E-state index in [0.717, 1.165) is 37.2 Å². The zero-order chi connectivity index (χ0) is 23.9. The number of aryl methyl sites for hydroxylation is 1. The van der Waals surface area contributed by atoms with Crippen molar-refractivity contribution in [1.29, 1.82) is 0 Å². The molecule has 0 saturated heterocycles. The maximum atomic E-state index is 14.6. The standard InChI is InChI=1S/C26H33FN6O/c1-4-5-6-12-31(17-26(3)9-10-26)22-7-11-28-24-19(22)8-13-33(24)25(34)30-21-16-32-15-18(2)29-23(32)14-20(21)27/h7,11,14-16H,4-6,8-10,12-13,17H2,1-3H3,(H,30,34). The average molecular weight is 465 g/mol. The third-order valence-corrected chi connectivity index (χ3v) is 7.05. The first kappa shape index (κ1) is 22.6. The molecule has 1 aliphatic carbocycles. The van der Waals surface area contributed by atoms with Crippen LogP contribution in [-0.2, 0) is 6.42 Å². The number of imidazole rings is 1. The monoisotopic (exact) mass is 464 g/mol. The van der Waals surface area contributed by atoms with Crippen LogP contribution in [0.15, 0.2) is 30.7 Å². The largest absolute Gasteiger partial charge is 0.371 e. The Morgan fingerprint density at radius 1 is 1.29 bits per heavy atom. The van der Waals surface area contributed by atoms with E-state index in [0.29, 0.717) is 23.4 Å². The molecule has 5 rings (SSSR count). The van der Waals surface area contributed by atoms with Crippen molar-refractivity contribution in [2.24, 2.45) is 5.41 Å². The minimum atomic E-state index is -0.507. The van der Waals surface area contributed by atoms with Crippen molar-refractivity contribution in [2.45, 2.75) is 59.3 Å². The summed E-state index contributed by atoms with van der Waals surface area (Å²) in [5, 5.41) is 2.74. The van der Waals surface area contributed by atoms with Crippen LogP contribution >= 0.6 is 0 Å². The Morgan fingerprint density at radius 2 is 2.12 bits per heavy atom. The van der Waals surface area contributed by atoms with E-state index in [1.165, 1.54) is 37.4 Å². The lowest BCUT2D eigenvalue weighted by Crippen LogP contribution is -2.34. The maximum absolute atomic E-state index is 14.6. The number of halogens is 1. The van der Waals surface area contributed by atoms with E-state index >= 15 is 0 Å². The zero-order valence-corrected chi connectivity index (χ0v) is 20.3. The highest BCUT2D eigenvalue weighted by molar-refractivity contribution is 6.03. The van der Waals surface area contributed by atoms with Gasteiger partial charge in [0.25, 0.3) is 0 Å². The second-order valence-corrected chi connectivity index (χ2v) is 10.1. The number of rotatable bonds is 8. The van der Waals surface area contributed by atoms with Crippen molar-refractivity contribution in [3.8, 4) is 0 Å². The highest BCUT2D eigenvalue weighted by atomic mass is 19.1. The molecule has 4 heterocycles. The number of carbonyl (C=O) groups is 1. The summed E-state index contributed by atoms with van der Waals surface area (Å²) in [6, 6.07) is 3.06. The molecular weight excluding hydrogens is 431 g/mol. The summed E-state index contributed by atoms with van der Waals surface area (Å²) in [6.07, 6.45) is 12.0. The second kappa shape index (κ2) is 8.89. The van der Waals surface area contributed by atoms with E-state index in [9.17, 15) is 9.18 Å². The van der Waals surface area contributed by atoms with Crippen LogP contribution in [0.3, 0.4) is 0 Å². The molecule has 1 saturated carbocycles. The third-order valence-electron chi connectivity index (χ3n) is 7.05. The highest BCUT2D eigenvalue weighted by Crippen LogP contribution is 2.47. The van der Waals surface area contributed by atoms with Gasteiger partial charge in [0, 0.05) is 55.5 Å². The van der Waals surface area contributed by atoms with Gasteiger partial charge in [0.2, 0.25) is 0 Å². The molecule has 2 aliphatic rings. The lowest BCUT2D eigenvalue weighted by Gasteiger charge is -2.30. The van der Waals surface area contributed by atoms with Gasteiger partial charge in [-0.1, -0.05) is 26.7 Å². The summed E-state index contributed by atoms with van der Waals surface area (Å²) in [5.41, 5.74) is 4.11. The van der Waals surface area contributed by atoms with Crippen LogP contribution in [0.25, 0.3) is 5.65 Å². The number of aromatic nitrogens is 3. The van der Waals surface area contributed by atoms with Crippen LogP contribution in [0, 0.1) is 18.2 Å². The predicted molar refractivity (Wildman–Crippen MR) is 133 cm³/mol. The van der Waals surface area contributed by atoms with Gasteiger partial charge in [-0.25, -0.2) is 19.2 Å². The minimum absolute atomic E-state index is 0.127. The van der Waals surface area contributed by atoms with Gasteiger partial charge in [-0.3, -0.25) is 4.90 Å². The summed E-state index contributed by atoms with van der Waals surface area (Å²) in [6.45, 7) is 9.01. The van der Waals surface area contributed by atoms with E-state index in [-0.39, 0.29) is 11.7 Å². The normalized spacial score (nSPS) is 16.1. The molecular formula is C26H33FN6O. The topological polar surface area (TPSA) is 65.8 Å². The average Bonchev–Trinajstić information content (AvgIpc) is 3.20. The van der Waals surface area contributed by atoms with Gasteiger partial charge in [-0.2, -0.15) is 0 Å². The van der Waals surface area contributed by atoms with Crippen molar-refractivity contribution in [2.75, 3.05) is 34.8 Å². The predicted octanol–water partition coefficient (Wildman–Crippen LogP) is 5.57. The quantitative estimate of drug-likeness (QED) is 0.443. The molecule has 1 fully saturated rings. The first-order valence-electron chi connectivity index (χ1n) is 12.3. The molecule has 3 aromatic heterocycles. The van der Waals surface area contributed by atoms with Crippen LogP contribution in [-0.4, -0.2) is 40.0 Å². The molecule has 0 radical (unpaired) electrons. The van der Waals surface area contributed by atoms with Crippen molar-refractivity contribution >= 4 is 28.9 Å². The van der Waals surface area contributed by atoms with Crippen LogP contribution in [0.5, 0.6) is 0 Å². The number of carbonyl (C=O) groups excluding carboxylic acids is 1. The fourth-order valence-corrected chi connectivity index (χ4v) is 4.85. The Kier molecular flexibility index (Phi) is 5.91. The second-order valence-electron chi connectivity index (χ2n) is 10.1. The lowest BCUT2D eigenvalue weighted by atomic mass is 10.1. The number of nitrogens with one attached hydrogen (secondary N) is 1. The molecule has 0 atom stereocenters. The highest BCUT2D eigenvalue weighted by Gasteiger charge is 2.40. The maximum Gasteiger partial charge on any atom is 0.327 e. The molecule has 0 unspecified atom stereocenters. The molecule has 7 nitrogen and oxygen atoms in total. The molecule has 3 aromatic rings. The Morgan fingerprint density at radius 3 is 2.88 bits per heavy atom. The van der Waals surface area contributed by atoms with Gasteiger partial charge in [-0.15, -0.1) is 0 Å². The van der Waals surface area contributed by atoms with Gasteiger partial charge in [0.1, 0.15) is 11.5 Å². The summed E-state index contributed by atoms with van der Waals surface area (Å²) < 4.78 is 16.4. The van der Waals surface area contributed by atoms with Crippen LogP contribution in [0.2, 0.25) is 0 Å². The zero-order valence-electron chi connectivity index (χ0n) is 20.3. The van der Waals surface area contributed by atoms with Gasteiger partial charge < -0.3 is 14.6 Å². The van der Waals surface area contributed by atoms with Gasteiger partial charge >= 0.3 is 6.03 Å². The summed E-state index contributed by atoms with van der Waals surface area (Å²) in [4.78, 5) is 26.1. The van der Waals surface area contributed by atoms with Crippen molar-refractivity contribution in [1.82, 2.24) is 14.4 Å². The van der Waals surface area contributed by atoms with Crippen molar-refractivity contribution < 1.29 is 9.18 Å². The van der Waals surface area contributed by atoms with Gasteiger partial charge in [-0.05, 0) is 44.1 Å². The number of fused-ring (bicyclic) bond motifs is 2. The number of amides is 2. The Hall–Kier alpha value is -3.16. The molecule has 1 N–H and O–H groups in total. The van der Waals surface area contributed by atoms with Crippen molar-refractivity contribution in [3.05, 3.63) is 47.8 Å². The number of nitrogens with zero attached hydrogens (tertiary/aromatic N) is 5. The fraction of sp³-hybridized carbons (Fsp3) is 0.500. The van der Waals surface area contributed by atoms with Crippen LogP contribution in [0.4, 0.5) is 26.4 Å². The van der Waals surface area contributed by atoms with E-state index in [2.05, 4.69) is 40.1 Å². The number of anilines is 3. The van der Waals surface area contributed by atoms with E-state index in [1.807, 2.05) is 6.92 Å². The molecule has 0 spiro atoms. The SMILES string of the molecule is CCCCCN(CC1(C)CC1)c1ccnc2c1CCN2C(=O)Nc1cn2cc(C)nc2cc1F. The smallest absolute Gasteiger partial charge is 0.327 e. The number of urea groups is 1.